The van der Waals surface area contributed by atoms with Crippen LogP contribution in [0.25, 0.3) is 0 Å². The summed E-state index contributed by atoms with van der Waals surface area (Å²) in [7, 11) is 0. The maximum atomic E-state index is 11.2. The van der Waals surface area contributed by atoms with Gasteiger partial charge in [0.05, 0.1) is 18.3 Å². The fourth-order valence-electron chi connectivity index (χ4n) is 2.62. The van der Waals surface area contributed by atoms with Gasteiger partial charge in [-0.25, -0.2) is 9.89 Å². The Balaban J connectivity index is 1.79. The summed E-state index contributed by atoms with van der Waals surface area (Å²) in [5.74, 6) is 1.56. The molecule has 1 unspecified atom stereocenters. The molecular weight excluding hydrogens is 246 g/mol. The highest BCUT2D eigenvalue weighted by molar-refractivity contribution is 5.04. The van der Waals surface area contributed by atoms with Crippen LogP contribution in [0.4, 0.5) is 0 Å². The van der Waals surface area contributed by atoms with Crippen LogP contribution in [0.5, 0.6) is 0 Å². The van der Waals surface area contributed by atoms with Crippen LogP contribution in [0.1, 0.15) is 42.6 Å². The second-order valence-electron chi connectivity index (χ2n) is 4.98. The lowest BCUT2D eigenvalue weighted by Crippen LogP contribution is -2.33. The normalized spacial score (nSPS) is 20.8. The molecule has 0 bridgehead atoms. The van der Waals surface area contributed by atoms with Crippen LogP contribution >= 0.6 is 0 Å². The van der Waals surface area contributed by atoms with Crippen molar-refractivity contribution in [3.05, 3.63) is 33.8 Å². The van der Waals surface area contributed by atoms with Crippen LogP contribution in [0.15, 0.2) is 15.4 Å². The first-order valence-electron chi connectivity index (χ1n) is 6.53. The summed E-state index contributed by atoms with van der Waals surface area (Å²) in [6, 6.07) is 2.08. The highest BCUT2D eigenvalue weighted by Gasteiger charge is 2.27. The molecule has 7 nitrogen and oxygen atoms in total. The van der Waals surface area contributed by atoms with E-state index in [1.165, 1.54) is 0 Å². The second kappa shape index (κ2) is 5.00. The molecule has 3 heterocycles. The lowest BCUT2D eigenvalue weighted by molar-refractivity contribution is 0.120. The van der Waals surface area contributed by atoms with Crippen molar-refractivity contribution in [3.8, 4) is 0 Å². The van der Waals surface area contributed by atoms with Crippen molar-refractivity contribution in [1.82, 2.24) is 25.2 Å². The van der Waals surface area contributed by atoms with Crippen molar-refractivity contribution in [1.29, 1.82) is 0 Å². The predicted octanol–water partition coefficient (Wildman–Crippen LogP) is 1.12. The van der Waals surface area contributed by atoms with Crippen LogP contribution in [0, 0.1) is 6.92 Å². The van der Waals surface area contributed by atoms with Gasteiger partial charge >= 0.3 is 5.69 Å². The van der Waals surface area contributed by atoms with E-state index in [-0.39, 0.29) is 11.7 Å². The Morgan fingerprint density at radius 2 is 2.42 bits per heavy atom. The van der Waals surface area contributed by atoms with Crippen molar-refractivity contribution in [2.75, 3.05) is 6.54 Å². The van der Waals surface area contributed by atoms with Crippen LogP contribution in [0.2, 0.25) is 0 Å². The molecule has 1 aliphatic rings. The van der Waals surface area contributed by atoms with Gasteiger partial charge in [-0.3, -0.25) is 9.88 Å². The van der Waals surface area contributed by atoms with Gasteiger partial charge in [-0.15, -0.1) is 0 Å². The minimum absolute atomic E-state index is 0.137. The van der Waals surface area contributed by atoms with Crippen LogP contribution in [-0.4, -0.2) is 31.8 Å². The minimum atomic E-state index is -0.254. The summed E-state index contributed by atoms with van der Waals surface area (Å²) in [5.41, 5.74) is 0.632. The molecule has 19 heavy (non-hydrogen) atoms. The van der Waals surface area contributed by atoms with Gasteiger partial charge in [0.15, 0.2) is 5.76 Å². The van der Waals surface area contributed by atoms with Crippen LogP contribution in [-0.2, 0) is 6.54 Å². The van der Waals surface area contributed by atoms with Gasteiger partial charge in [-0.2, -0.15) is 5.10 Å². The van der Waals surface area contributed by atoms with E-state index in [1.807, 2.05) is 13.0 Å². The third-order valence-electron chi connectivity index (χ3n) is 3.48. The molecule has 0 aromatic carbocycles. The zero-order chi connectivity index (χ0) is 13.2. The lowest BCUT2D eigenvalue weighted by Gasteiger charge is -2.33. The molecular formula is C12H17N5O2. The molecule has 0 radical (unpaired) electrons. The first-order valence-corrected chi connectivity index (χ1v) is 6.53. The number of rotatable bonds is 3. The Hall–Kier alpha value is -1.89. The van der Waals surface area contributed by atoms with E-state index in [4.69, 9.17) is 4.52 Å². The number of hydrogen-bond donors (Lipinski definition) is 2. The molecule has 1 saturated heterocycles. The number of piperidine rings is 1. The molecule has 1 atom stereocenters. The summed E-state index contributed by atoms with van der Waals surface area (Å²) in [5, 5.41) is 10.4. The highest BCUT2D eigenvalue weighted by Crippen LogP contribution is 2.29. The van der Waals surface area contributed by atoms with E-state index in [0.717, 1.165) is 37.3 Å². The molecule has 102 valence electrons. The van der Waals surface area contributed by atoms with Gasteiger partial charge in [-0.1, -0.05) is 11.6 Å². The molecule has 2 N–H and O–H groups in total. The summed E-state index contributed by atoms with van der Waals surface area (Å²) in [6.07, 6.45) is 3.29. The average Bonchev–Trinajstić information content (AvgIpc) is 2.99. The average molecular weight is 263 g/mol. The van der Waals surface area contributed by atoms with E-state index in [2.05, 4.69) is 25.2 Å². The van der Waals surface area contributed by atoms with E-state index in [1.54, 1.807) is 0 Å². The predicted molar refractivity (Wildman–Crippen MR) is 67.5 cm³/mol. The van der Waals surface area contributed by atoms with Crippen molar-refractivity contribution in [3.63, 3.8) is 0 Å². The maximum Gasteiger partial charge on any atom is 0.340 e. The van der Waals surface area contributed by atoms with Gasteiger partial charge in [-0.05, 0) is 26.3 Å². The minimum Gasteiger partial charge on any atom is -0.360 e. The number of nitrogens with one attached hydrogen (secondary N) is 2. The third kappa shape index (κ3) is 2.60. The van der Waals surface area contributed by atoms with E-state index in [0.29, 0.717) is 12.4 Å². The number of aromatic amines is 2. The molecule has 1 fully saturated rings. The number of aryl methyl sites for hydroxylation is 1. The monoisotopic (exact) mass is 263 g/mol. The summed E-state index contributed by atoms with van der Waals surface area (Å²) in [4.78, 5) is 16.2. The fourth-order valence-corrected chi connectivity index (χ4v) is 2.62. The van der Waals surface area contributed by atoms with Gasteiger partial charge in [0.1, 0.15) is 5.82 Å². The molecule has 0 amide bonds. The van der Waals surface area contributed by atoms with E-state index in [9.17, 15) is 4.79 Å². The third-order valence-corrected chi connectivity index (χ3v) is 3.48. The zero-order valence-corrected chi connectivity index (χ0v) is 10.8. The van der Waals surface area contributed by atoms with Crippen molar-refractivity contribution < 1.29 is 4.52 Å². The number of aromatic nitrogens is 4. The summed E-state index contributed by atoms with van der Waals surface area (Å²) in [6.45, 7) is 3.57. The van der Waals surface area contributed by atoms with Crippen LogP contribution < -0.4 is 5.69 Å². The smallest absolute Gasteiger partial charge is 0.340 e. The molecule has 0 spiro atoms. The SMILES string of the molecule is Cc1cc(CN2CCCCC2c2n[nH]c(=O)[nH]2)on1. The Kier molecular flexibility index (Phi) is 3.20. The zero-order valence-electron chi connectivity index (χ0n) is 10.8. The molecule has 1 aliphatic heterocycles. The van der Waals surface area contributed by atoms with Crippen molar-refractivity contribution in [2.45, 2.75) is 38.8 Å². The second-order valence-corrected chi connectivity index (χ2v) is 4.98. The molecule has 2 aromatic heterocycles. The van der Waals surface area contributed by atoms with E-state index >= 15 is 0 Å². The van der Waals surface area contributed by atoms with E-state index < -0.39 is 0 Å². The Bertz CT molecular complexity index is 599. The van der Waals surface area contributed by atoms with Gasteiger partial charge < -0.3 is 4.52 Å². The maximum absolute atomic E-state index is 11.2. The molecule has 2 aromatic rings. The quantitative estimate of drug-likeness (QED) is 0.866. The van der Waals surface area contributed by atoms with Crippen molar-refractivity contribution in [2.24, 2.45) is 0 Å². The molecule has 0 saturated carbocycles. The van der Waals surface area contributed by atoms with Gasteiger partial charge in [0.2, 0.25) is 0 Å². The highest BCUT2D eigenvalue weighted by atomic mass is 16.5. The first kappa shape index (κ1) is 12.2. The molecule has 7 heteroatoms. The van der Waals surface area contributed by atoms with Gasteiger partial charge in [0, 0.05) is 6.07 Å². The largest absolute Gasteiger partial charge is 0.360 e. The lowest BCUT2D eigenvalue weighted by atomic mass is 10.0. The van der Waals surface area contributed by atoms with Gasteiger partial charge in [0.25, 0.3) is 0 Å². The molecule has 3 rings (SSSR count). The number of hydrogen-bond acceptors (Lipinski definition) is 5. The number of likely N-dealkylation sites (tertiary alicyclic amines) is 1. The standard InChI is InChI=1S/C12H17N5O2/c1-8-6-9(19-16-8)7-17-5-3-2-4-10(17)11-13-12(18)15-14-11/h6,10H,2-5,7H2,1H3,(H2,13,14,15,18). The summed E-state index contributed by atoms with van der Waals surface area (Å²) >= 11 is 0. The topological polar surface area (TPSA) is 90.8 Å². The Morgan fingerprint density at radius 3 is 3.11 bits per heavy atom. The Labute approximate surface area is 110 Å². The van der Waals surface area contributed by atoms with Crippen LogP contribution in [0.3, 0.4) is 0 Å². The number of nitrogens with zero attached hydrogens (tertiary/aromatic N) is 3. The fraction of sp³-hybridized carbons (Fsp3) is 0.583. The Morgan fingerprint density at radius 1 is 1.53 bits per heavy atom. The molecule has 0 aliphatic carbocycles. The number of H-pyrrole nitrogens is 2. The summed E-state index contributed by atoms with van der Waals surface area (Å²) < 4.78 is 5.26. The first-order chi connectivity index (χ1) is 9.22. The van der Waals surface area contributed by atoms with Crippen molar-refractivity contribution >= 4 is 0 Å².